The minimum Gasteiger partial charge on any atom is -0.494 e. The van der Waals surface area contributed by atoms with Gasteiger partial charge in [0.05, 0.1) is 6.61 Å². The number of nitrogens with one attached hydrogen (secondary N) is 1. The summed E-state index contributed by atoms with van der Waals surface area (Å²) < 4.78 is 11.2. The molecule has 3 aromatic carbocycles. The largest absolute Gasteiger partial charge is 0.494 e. The fourth-order valence-electron chi connectivity index (χ4n) is 2.60. The minimum absolute atomic E-state index is 0.200. The second-order valence-electron chi connectivity index (χ2n) is 6.13. The highest BCUT2D eigenvalue weighted by Crippen LogP contribution is 2.19. The van der Waals surface area contributed by atoms with Gasteiger partial charge in [-0.15, -0.1) is 0 Å². The lowest BCUT2D eigenvalue weighted by Crippen LogP contribution is -2.07. The average Bonchev–Trinajstić information content (AvgIpc) is 2.73. The molecule has 1 amide bonds. The Hall–Kier alpha value is -3.53. The number of hydrogen-bond acceptors (Lipinski definition) is 3. The monoisotopic (exact) mass is 373 g/mol. The Morgan fingerprint density at radius 1 is 0.893 bits per heavy atom. The van der Waals surface area contributed by atoms with E-state index < -0.39 is 0 Å². The van der Waals surface area contributed by atoms with E-state index in [2.05, 4.69) is 5.32 Å². The summed E-state index contributed by atoms with van der Waals surface area (Å²) in [5.74, 6) is 1.32. The molecule has 0 atom stereocenters. The van der Waals surface area contributed by atoms with Gasteiger partial charge >= 0.3 is 0 Å². The van der Waals surface area contributed by atoms with Crippen LogP contribution in [0.4, 0.5) is 5.69 Å². The lowest BCUT2D eigenvalue weighted by atomic mass is 10.2. The third-order valence-electron chi connectivity index (χ3n) is 3.97. The molecule has 0 radical (unpaired) electrons. The Kier molecular flexibility index (Phi) is 6.85. The van der Waals surface area contributed by atoms with Crippen LogP contribution in [0.1, 0.15) is 18.1 Å². The van der Waals surface area contributed by atoms with Gasteiger partial charge in [-0.3, -0.25) is 4.79 Å². The first kappa shape index (κ1) is 19.2. The lowest BCUT2D eigenvalue weighted by Gasteiger charge is -2.08. The molecule has 0 aliphatic carbocycles. The van der Waals surface area contributed by atoms with Crippen LogP contribution in [0.5, 0.6) is 11.5 Å². The maximum atomic E-state index is 12.2. The molecular weight excluding hydrogens is 350 g/mol. The van der Waals surface area contributed by atoms with Crippen LogP contribution < -0.4 is 14.8 Å². The van der Waals surface area contributed by atoms with Crippen molar-refractivity contribution in [3.05, 3.63) is 96.1 Å². The van der Waals surface area contributed by atoms with E-state index >= 15 is 0 Å². The van der Waals surface area contributed by atoms with Gasteiger partial charge in [0.25, 0.3) is 0 Å². The van der Waals surface area contributed by atoms with Gasteiger partial charge in [0, 0.05) is 17.8 Å². The van der Waals surface area contributed by atoms with E-state index in [0.717, 1.165) is 16.9 Å². The lowest BCUT2D eigenvalue weighted by molar-refractivity contribution is -0.111. The van der Waals surface area contributed by atoms with Gasteiger partial charge in [0.15, 0.2) is 0 Å². The van der Waals surface area contributed by atoms with E-state index in [-0.39, 0.29) is 5.91 Å². The minimum atomic E-state index is -0.200. The fraction of sp³-hybridized carbons (Fsp3) is 0.125. The Morgan fingerprint density at radius 3 is 2.43 bits per heavy atom. The van der Waals surface area contributed by atoms with Crippen molar-refractivity contribution in [1.29, 1.82) is 0 Å². The van der Waals surface area contributed by atoms with Crippen LogP contribution in [0.3, 0.4) is 0 Å². The predicted molar refractivity (Wildman–Crippen MR) is 112 cm³/mol. The molecule has 0 bridgehead atoms. The summed E-state index contributed by atoms with van der Waals surface area (Å²) in [6.07, 6.45) is 3.27. The molecule has 0 aliphatic heterocycles. The summed E-state index contributed by atoms with van der Waals surface area (Å²) >= 11 is 0. The molecule has 0 unspecified atom stereocenters. The van der Waals surface area contributed by atoms with Gasteiger partial charge in [0.2, 0.25) is 5.91 Å². The van der Waals surface area contributed by atoms with Gasteiger partial charge in [-0.1, -0.05) is 48.5 Å². The van der Waals surface area contributed by atoms with Crippen LogP contribution in [0.15, 0.2) is 84.9 Å². The highest BCUT2D eigenvalue weighted by molar-refractivity contribution is 6.02. The van der Waals surface area contributed by atoms with E-state index in [1.165, 1.54) is 6.08 Å². The van der Waals surface area contributed by atoms with Gasteiger partial charge in [-0.25, -0.2) is 0 Å². The number of carbonyl (C=O) groups is 1. The summed E-state index contributed by atoms with van der Waals surface area (Å²) in [5.41, 5.74) is 2.71. The van der Waals surface area contributed by atoms with Crippen LogP contribution in [0.2, 0.25) is 0 Å². The summed E-state index contributed by atoms with van der Waals surface area (Å²) in [6, 6.07) is 24.9. The molecule has 142 valence electrons. The number of carbonyl (C=O) groups excluding carboxylic acids is 1. The molecule has 0 saturated carbocycles. The number of rotatable bonds is 8. The van der Waals surface area contributed by atoms with Crippen molar-refractivity contribution in [2.75, 3.05) is 11.9 Å². The van der Waals surface area contributed by atoms with Crippen LogP contribution in [-0.4, -0.2) is 12.5 Å². The SMILES string of the molecule is CCOc1ccc(/C=C/C(=O)Nc2cccc(OCc3ccccc3)c2)cc1. The van der Waals surface area contributed by atoms with Crippen molar-refractivity contribution in [3.8, 4) is 11.5 Å². The van der Waals surface area contributed by atoms with Gasteiger partial charge in [0.1, 0.15) is 18.1 Å². The zero-order chi connectivity index (χ0) is 19.6. The fourth-order valence-corrected chi connectivity index (χ4v) is 2.60. The molecule has 0 saturated heterocycles. The van der Waals surface area contributed by atoms with E-state index in [9.17, 15) is 4.79 Å². The smallest absolute Gasteiger partial charge is 0.248 e. The molecule has 3 rings (SSSR count). The van der Waals surface area contributed by atoms with Crippen molar-refractivity contribution < 1.29 is 14.3 Å². The summed E-state index contributed by atoms with van der Waals surface area (Å²) in [4.78, 5) is 12.2. The molecule has 28 heavy (non-hydrogen) atoms. The Labute approximate surface area is 165 Å². The second-order valence-corrected chi connectivity index (χ2v) is 6.13. The normalized spacial score (nSPS) is 10.6. The molecule has 4 nitrogen and oxygen atoms in total. The first-order valence-electron chi connectivity index (χ1n) is 9.21. The van der Waals surface area contributed by atoms with Crippen molar-refractivity contribution in [1.82, 2.24) is 0 Å². The second kappa shape index (κ2) is 9.97. The molecule has 0 aliphatic rings. The van der Waals surface area contributed by atoms with E-state index in [1.807, 2.05) is 85.8 Å². The molecule has 0 fully saturated rings. The summed E-state index contributed by atoms with van der Waals surface area (Å²) in [5, 5.41) is 2.85. The Bertz CT molecular complexity index is 918. The molecular formula is C24H23NO3. The van der Waals surface area contributed by atoms with Gasteiger partial charge in [-0.2, -0.15) is 0 Å². The molecule has 1 N–H and O–H groups in total. The average molecular weight is 373 g/mol. The number of hydrogen-bond donors (Lipinski definition) is 1. The maximum Gasteiger partial charge on any atom is 0.248 e. The predicted octanol–water partition coefficient (Wildman–Crippen LogP) is 5.32. The van der Waals surface area contributed by atoms with E-state index in [0.29, 0.717) is 24.7 Å². The third-order valence-corrected chi connectivity index (χ3v) is 3.97. The first-order valence-corrected chi connectivity index (χ1v) is 9.21. The highest BCUT2D eigenvalue weighted by atomic mass is 16.5. The zero-order valence-electron chi connectivity index (χ0n) is 15.8. The molecule has 3 aromatic rings. The van der Waals surface area contributed by atoms with E-state index in [4.69, 9.17) is 9.47 Å². The number of benzene rings is 3. The van der Waals surface area contributed by atoms with Crippen molar-refractivity contribution in [2.45, 2.75) is 13.5 Å². The zero-order valence-corrected chi connectivity index (χ0v) is 15.8. The highest BCUT2D eigenvalue weighted by Gasteiger charge is 2.01. The first-order chi connectivity index (χ1) is 13.7. The summed E-state index contributed by atoms with van der Waals surface area (Å²) in [7, 11) is 0. The number of amides is 1. The van der Waals surface area contributed by atoms with Crippen molar-refractivity contribution in [3.63, 3.8) is 0 Å². The van der Waals surface area contributed by atoms with Crippen molar-refractivity contribution in [2.24, 2.45) is 0 Å². The van der Waals surface area contributed by atoms with Crippen LogP contribution >= 0.6 is 0 Å². The Morgan fingerprint density at radius 2 is 1.68 bits per heavy atom. The molecule has 0 heterocycles. The van der Waals surface area contributed by atoms with Crippen LogP contribution in [-0.2, 0) is 11.4 Å². The summed E-state index contributed by atoms with van der Waals surface area (Å²) in [6.45, 7) is 3.06. The molecule has 0 aromatic heterocycles. The van der Waals surface area contributed by atoms with Gasteiger partial charge < -0.3 is 14.8 Å². The topological polar surface area (TPSA) is 47.6 Å². The third kappa shape index (κ3) is 6.02. The van der Waals surface area contributed by atoms with Crippen LogP contribution in [0.25, 0.3) is 6.08 Å². The van der Waals surface area contributed by atoms with Crippen molar-refractivity contribution >= 4 is 17.7 Å². The molecule has 4 heteroatoms. The standard InChI is InChI=1S/C24H23NO3/c1-2-27-22-14-11-19(12-15-22)13-16-24(26)25-21-9-6-10-23(17-21)28-18-20-7-4-3-5-8-20/h3-17H,2,18H2,1H3,(H,25,26)/b16-13+. The quantitative estimate of drug-likeness (QED) is 0.544. The van der Waals surface area contributed by atoms with Crippen LogP contribution in [0, 0.1) is 0 Å². The van der Waals surface area contributed by atoms with E-state index in [1.54, 1.807) is 6.08 Å². The Balaban J connectivity index is 1.54. The molecule has 0 spiro atoms. The number of anilines is 1. The maximum absolute atomic E-state index is 12.2. The number of ether oxygens (including phenoxy) is 2. The van der Waals surface area contributed by atoms with Gasteiger partial charge in [-0.05, 0) is 48.4 Å².